The van der Waals surface area contributed by atoms with Crippen molar-refractivity contribution in [1.29, 1.82) is 10.5 Å². The van der Waals surface area contributed by atoms with E-state index in [2.05, 4.69) is 325 Å². The second kappa shape index (κ2) is 24.2. The maximum atomic E-state index is 9.99. The molecule has 15 aromatic carbocycles. The maximum absolute atomic E-state index is 9.99. The van der Waals surface area contributed by atoms with E-state index in [4.69, 9.17) is 0 Å². The molecule has 0 spiro atoms. The number of benzene rings is 15. The fraction of sp³-hybridized carbons (Fsp3) is 0.0233. The fourth-order valence-corrected chi connectivity index (χ4v) is 13.0. The van der Waals surface area contributed by atoms with Crippen molar-refractivity contribution in [3.8, 4) is 34.4 Å². The third kappa shape index (κ3) is 10.7. The van der Waals surface area contributed by atoms with E-state index in [0.717, 1.165) is 123 Å². The molecule has 0 radical (unpaired) electrons. The van der Waals surface area contributed by atoms with E-state index >= 15 is 0 Å². The van der Waals surface area contributed by atoms with Gasteiger partial charge in [-0.2, -0.15) is 10.5 Å². The summed E-state index contributed by atoms with van der Waals surface area (Å²) in [7, 11) is 0. The van der Waals surface area contributed by atoms with Crippen LogP contribution in [0.3, 0.4) is 0 Å². The summed E-state index contributed by atoms with van der Waals surface area (Å²) in [5, 5.41) is 29.0. The van der Waals surface area contributed by atoms with E-state index in [9.17, 15) is 10.5 Å². The standard InChI is InChI=1S/C86H60N6/c1-59-21-35-71(36-22-59)91(73-39-25-61(57-87)26-40-73)79-49-51-81-83(55-79)85(65-31-43-75(44-32-65)89(69-17-5-3-6-18-69)77-47-29-63-13-9-11-15-67(63)53-77)82-52-50-80(92(72-37-23-60(2)24-38-72)74-41-27-62(58-88)28-42-74)56-84(82)86(81)66-33-45-76(46-34-66)90(70-19-7-4-8-20-70)78-48-30-64-14-10-12-16-68(64)54-78/h3-56H,1-2H3. The molecule has 0 bridgehead atoms. The van der Waals surface area contributed by atoms with Gasteiger partial charge in [-0.15, -0.1) is 0 Å². The summed E-state index contributed by atoms with van der Waals surface area (Å²) in [6.45, 7) is 4.23. The fourth-order valence-electron chi connectivity index (χ4n) is 13.0. The highest BCUT2D eigenvalue weighted by molar-refractivity contribution is 6.23. The maximum Gasteiger partial charge on any atom is 0.0991 e. The summed E-state index contributed by atoms with van der Waals surface area (Å²) in [6.07, 6.45) is 0. The van der Waals surface area contributed by atoms with Crippen LogP contribution in [-0.4, -0.2) is 0 Å². The molecule has 0 fully saturated rings. The van der Waals surface area contributed by atoms with Crippen LogP contribution in [0.5, 0.6) is 0 Å². The molecule has 0 aliphatic carbocycles. The third-order valence-corrected chi connectivity index (χ3v) is 17.5. The van der Waals surface area contributed by atoms with Crippen LogP contribution in [-0.2, 0) is 0 Å². The van der Waals surface area contributed by atoms with Gasteiger partial charge in [-0.3, -0.25) is 0 Å². The first-order valence-corrected chi connectivity index (χ1v) is 31.0. The van der Waals surface area contributed by atoms with E-state index in [-0.39, 0.29) is 0 Å². The van der Waals surface area contributed by atoms with E-state index in [1.165, 1.54) is 21.5 Å². The number of aryl methyl sites for hydroxylation is 2. The van der Waals surface area contributed by atoms with Crippen LogP contribution in [0.15, 0.2) is 328 Å². The lowest BCUT2D eigenvalue weighted by molar-refractivity contribution is 1.28. The Morgan fingerprint density at radius 3 is 0.815 bits per heavy atom. The molecule has 434 valence electrons. The van der Waals surface area contributed by atoms with Crippen LogP contribution < -0.4 is 19.6 Å². The van der Waals surface area contributed by atoms with Crippen molar-refractivity contribution in [2.45, 2.75) is 13.8 Å². The molecule has 0 saturated carbocycles. The highest BCUT2D eigenvalue weighted by atomic mass is 15.2. The van der Waals surface area contributed by atoms with Gasteiger partial charge in [-0.05, 0) is 249 Å². The van der Waals surface area contributed by atoms with Gasteiger partial charge in [0.2, 0.25) is 0 Å². The zero-order chi connectivity index (χ0) is 62.1. The Morgan fingerprint density at radius 1 is 0.217 bits per heavy atom. The second-order valence-electron chi connectivity index (χ2n) is 23.4. The Balaban J connectivity index is 0.995. The molecule has 0 aliphatic rings. The number of nitriles is 2. The van der Waals surface area contributed by atoms with Crippen LogP contribution in [0.25, 0.3) is 65.3 Å². The summed E-state index contributed by atoms with van der Waals surface area (Å²) >= 11 is 0. The SMILES string of the molecule is Cc1ccc(N(c2ccc(C#N)cc2)c2ccc3c(-c4ccc(N(c5ccccc5)c5ccc6ccccc6c5)cc4)c4cc(N(c5ccc(C)cc5)c5ccc(C#N)cc5)ccc4c(-c4ccc(N(c5ccccc5)c5ccc6ccccc6c5)cc4)c3c2)cc1. The number of nitrogens with zero attached hydrogens (tertiary/aromatic N) is 6. The molecule has 0 amide bonds. The van der Waals surface area contributed by atoms with Crippen molar-refractivity contribution in [2.75, 3.05) is 19.6 Å². The van der Waals surface area contributed by atoms with Gasteiger partial charge in [0, 0.05) is 68.2 Å². The lowest BCUT2D eigenvalue weighted by Crippen LogP contribution is -2.11. The summed E-state index contributed by atoms with van der Waals surface area (Å²) in [6, 6.07) is 121. The van der Waals surface area contributed by atoms with Gasteiger partial charge in [0.25, 0.3) is 0 Å². The minimum absolute atomic E-state index is 0.596. The molecule has 0 aliphatic heterocycles. The Hall–Kier alpha value is -12.5. The van der Waals surface area contributed by atoms with Crippen LogP contribution in [0.4, 0.5) is 68.2 Å². The monoisotopic (exact) mass is 1180 g/mol. The Kier molecular flexibility index (Phi) is 14.8. The van der Waals surface area contributed by atoms with Gasteiger partial charge in [0.05, 0.1) is 23.3 Å². The van der Waals surface area contributed by atoms with Crippen LogP contribution in [0.1, 0.15) is 22.3 Å². The van der Waals surface area contributed by atoms with Crippen molar-refractivity contribution < 1.29 is 0 Å². The quantitative estimate of drug-likeness (QED) is 0.101. The Bertz CT molecular complexity index is 4950. The second-order valence-corrected chi connectivity index (χ2v) is 23.4. The molecule has 15 rings (SSSR count). The first-order valence-electron chi connectivity index (χ1n) is 31.0. The number of para-hydroxylation sites is 2. The molecule has 6 nitrogen and oxygen atoms in total. The molecule has 0 aromatic heterocycles. The number of hydrogen-bond donors (Lipinski definition) is 0. The summed E-state index contributed by atoms with van der Waals surface area (Å²) in [4.78, 5) is 9.25. The molecule has 0 saturated heterocycles. The van der Waals surface area contributed by atoms with Gasteiger partial charge >= 0.3 is 0 Å². The minimum Gasteiger partial charge on any atom is -0.310 e. The highest BCUT2D eigenvalue weighted by Crippen LogP contribution is 2.50. The van der Waals surface area contributed by atoms with E-state index < -0.39 is 0 Å². The first-order chi connectivity index (χ1) is 45.3. The Morgan fingerprint density at radius 2 is 0.478 bits per heavy atom. The molecular weight excluding hydrogens is 1120 g/mol. The van der Waals surface area contributed by atoms with Crippen molar-refractivity contribution in [3.05, 3.63) is 350 Å². The lowest BCUT2D eigenvalue weighted by Gasteiger charge is -2.29. The zero-order valence-corrected chi connectivity index (χ0v) is 50.9. The Labute approximate surface area is 536 Å². The van der Waals surface area contributed by atoms with Crippen LogP contribution in [0.2, 0.25) is 0 Å². The minimum atomic E-state index is 0.596. The summed E-state index contributed by atoms with van der Waals surface area (Å²) in [5.41, 5.74) is 19.9. The van der Waals surface area contributed by atoms with Crippen LogP contribution >= 0.6 is 0 Å². The molecule has 92 heavy (non-hydrogen) atoms. The average Bonchev–Trinajstić information content (AvgIpc) is 0.736. The largest absolute Gasteiger partial charge is 0.310 e. The van der Waals surface area contributed by atoms with Gasteiger partial charge in [-0.1, -0.05) is 169 Å². The van der Waals surface area contributed by atoms with Gasteiger partial charge in [0.1, 0.15) is 0 Å². The third-order valence-electron chi connectivity index (χ3n) is 17.5. The van der Waals surface area contributed by atoms with Gasteiger partial charge < -0.3 is 19.6 Å². The highest BCUT2D eigenvalue weighted by Gasteiger charge is 2.24. The van der Waals surface area contributed by atoms with Gasteiger partial charge in [-0.25, -0.2) is 0 Å². The van der Waals surface area contributed by atoms with Crippen molar-refractivity contribution in [1.82, 2.24) is 0 Å². The van der Waals surface area contributed by atoms with E-state index in [0.29, 0.717) is 11.1 Å². The molecule has 0 atom stereocenters. The zero-order valence-electron chi connectivity index (χ0n) is 50.9. The summed E-state index contributed by atoms with van der Waals surface area (Å²) in [5.74, 6) is 0. The number of hydrogen-bond acceptors (Lipinski definition) is 6. The lowest BCUT2D eigenvalue weighted by atomic mass is 9.85. The molecule has 15 aromatic rings. The normalized spacial score (nSPS) is 11.1. The number of fused-ring (bicyclic) bond motifs is 4. The smallest absolute Gasteiger partial charge is 0.0991 e. The van der Waals surface area contributed by atoms with E-state index in [1.807, 2.05) is 48.5 Å². The van der Waals surface area contributed by atoms with Crippen molar-refractivity contribution in [3.63, 3.8) is 0 Å². The van der Waals surface area contributed by atoms with E-state index in [1.54, 1.807) is 0 Å². The molecule has 0 heterocycles. The first kappa shape index (κ1) is 56.1. The predicted molar refractivity (Wildman–Crippen MR) is 385 cm³/mol. The number of rotatable bonds is 14. The number of anilines is 12. The molecule has 6 heteroatoms. The molecule has 0 N–H and O–H groups in total. The van der Waals surface area contributed by atoms with Crippen LogP contribution in [0, 0.1) is 36.5 Å². The van der Waals surface area contributed by atoms with Gasteiger partial charge in [0.15, 0.2) is 0 Å². The summed E-state index contributed by atoms with van der Waals surface area (Å²) < 4.78 is 0. The molecular formula is C86H60N6. The van der Waals surface area contributed by atoms with Crippen molar-refractivity contribution >= 4 is 111 Å². The topological polar surface area (TPSA) is 60.5 Å². The average molecular weight is 1180 g/mol. The van der Waals surface area contributed by atoms with Crippen molar-refractivity contribution in [2.24, 2.45) is 0 Å². The predicted octanol–water partition coefficient (Wildman–Crippen LogP) is 23.9. The molecule has 0 unspecified atom stereocenters.